The Balaban J connectivity index is 1.56. The summed E-state index contributed by atoms with van der Waals surface area (Å²) >= 11 is 0. The third-order valence-electron chi connectivity index (χ3n) is 5.89. The van der Waals surface area contributed by atoms with Gasteiger partial charge in [0.25, 0.3) is 0 Å². The van der Waals surface area contributed by atoms with Crippen LogP contribution in [0.25, 0.3) is 10.9 Å². The van der Waals surface area contributed by atoms with Crippen LogP contribution in [0, 0.1) is 5.82 Å². The maximum absolute atomic E-state index is 15.1. The topological polar surface area (TPSA) is 83.2 Å². The zero-order valence-corrected chi connectivity index (χ0v) is 17.6. The van der Waals surface area contributed by atoms with Gasteiger partial charge < -0.3 is 15.0 Å². The van der Waals surface area contributed by atoms with Gasteiger partial charge in [0, 0.05) is 34.2 Å². The number of rotatable bonds is 5. The third kappa shape index (κ3) is 3.38. The van der Waals surface area contributed by atoms with E-state index in [4.69, 9.17) is 4.74 Å². The van der Waals surface area contributed by atoms with Gasteiger partial charge in [-0.05, 0) is 62.1 Å². The van der Waals surface area contributed by atoms with Crippen LogP contribution in [0.1, 0.15) is 42.6 Å². The van der Waals surface area contributed by atoms with E-state index >= 15 is 4.39 Å². The minimum absolute atomic E-state index is 0.0236. The molecule has 30 heavy (non-hydrogen) atoms. The highest BCUT2D eigenvalue weighted by atomic mass is 32.2. The maximum atomic E-state index is 15.1. The van der Waals surface area contributed by atoms with E-state index in [0.717, 1.165) is 53.2 Å². The number of benzene rings is 2. The summed E-state index contributed by atoms with van der Waals surface area (Å²) < 4.78 is 48.0. The van der Waals surface area contributed by atoms with Gasteiger partial charge in [0.2, 0.25) is 10.0 Å². The molecule has 0 bridgehead atoms. The van der Waals surface area contributed by atoms with Crippen molar-refractivity contribution in [2.75, 3.05) is 7.11 Å². The number of halogens is 1. The second kappa shape index (κ2) is 7.08. The van der Waals surface area contributed by atoms with Crippen molar-refractivity contribution in [2.45, 2.75) is 49.2 Å². The van der Waals surface area contributed by atoms with E-state index in [1.165, 1.54) is 6.07 Å². The summed E-state index contributed by atoms with van der Waals surface area (Å²) in [7, 11) is -2.06. The Bertz CT molecular complexity index is 1230. The number of aromatic amines is 1. The molecule has 2 aliphatic rings. The summed E-state index contributed by atoms with van der Waals surface area (Å²) in [6.45, 7) is 2.06. The average molecular weight is 430 g/mol. The van der Waals surface area contributed by atoms with E-state index < -0.39 is 21.9 Å². The van der Waals surface area contributed by atoms with Gasteiger partial charge >= 0.3 is 0 Å². The summed E-state index contributed by atoms with van der Waals surface area (Å²) in [5.41, 5.74) is 3.43. The third-order valence-corrected chi connectivity index (χ3v) is 7.41. The number of fused-ring (bicyclic) bond motifs is 3. The molecular formula is C22H24FN3O3S. The lowest BCUT2D eigenvalue weighted by atomic mass is 9.90. The number of hydrogen-bond donors (Lipinski definition) is 3. The second-order valence-corrected chi connectivity index (χ2v) is 9.93. The molecule has 2 atom stereocenters. The predicted molar refractivity (Wildman–Crippen MR) is 113 cm³/mol. The number of aromatic nitrogens is 1. The minimum Gasteiger partial charge on any atom is -0.497 e. The molecular weight excluding hydrogens is 405 g/mol. The predicted octanol–water partition coefficient (Wildman–Crippen LogP) is 3.38. The summed E-state index contributed by atoms with van der Waals surface area (Å²) in [6.07, 6.45) is 2.47. The van der Waals surface area contributed by atoms with Crippen molar-refractivity contribution in [1.29, 1.82) is 0 Å². The first kappa shape index (κ1) is 19.5. The molecule has 2 aromatic carbocycles. The molecule has 1 aromatic heterocycles. The van der Waals surface area contributed by atoms with Crippen LogP contribution in [-0.4, -0.2) is 32.6 Å². The molecule has 1 fully saturated rings. The summed E-state index contributed by atoms with van der Waals surface area (Å²) in [5.74, 6) is 0.235. The van der Waals surface area contributed by atoms with E-state index in [1.807, 2.05) is 18.2 Å². The SMILES string of the molecule is COc1ccc2[nH]c3c(c2c1)C[C@H](C)N[C@@H]3c1ccc(S(=O)(=O)NC2CC2)cc1F. The quantitative estimate of drug-likeness (QED) is 0.581. The van der Waals surface area contributed by atoms with Crippen LogP contribution in [0.4, 0.5) is 4.39 Å². The molecule has 1 aliphatic carbocycles. The van der Waals surface area contributed by atoms with Gasteiger partial charge in [-0.25, -0.2) is 17.5 Å². The number of sulfonamides is 1. The molecule has 2 heterocycles. The largest absolute Gasteiger partial charge is 0.497 e. The monoisotopic (exact) mass is 429 g/mol. The Morgan fingerprint density at radius 1 is 1.17 bits per heavy atom. The smallest absolute Gasteiger partial charge is 0.240 e. The van der Waals surface area contributed by atoms with Crippen molar-refractivity contribution >= 4 is 20.9 Å². The molecule has 6 nitrogen and oxygen atoms in total. The first-order valence-corrected chi connectivity index (χ1v) is 11.6. The van der Waals surface area contributed by atoms with Gasteiger partial charge in [0.15, 0.2) is 0 Å². The van der Waals surface area contributed by atoms with Crippen molar-refractivity contribution in [1.82, 2.24) is 15.0 Å². The molecule has 0 unspecified atom stereocenters. The van der Waals surface area contributed by atoms with E-state index in [-0.39, 0.29) is 17.0 Å². The lowest BCUT2D eigenvalue weighted by molar-refractivity contribution is 0.415. The number of H-pyrrole nitrogens is 1. The van der Waals surface area contributed by atoms with Crippen molar-refractivity contribution in [3.05, 3.63) is 59.0 Å². The van der Waals surface area contributed by atoms with E-state index in [9.17, 15) is 8.42 Å². The number of ether oxygens (including phenoxy) is 1. The van der Waals surface area contributed by atoms with Crippen LogP contribution >= 0.6 is 0 Å². The van der Waals surface area contributed by atoms with Crippen LogP contribution < -0.4 is 14.8 Å². The van der Waals surface area contributed by atoms with Crippen molar-refractivity contribution in [3.8, 4) is 5.75 Å². The lowest BCUT2D eigenvalue weighted by Crippen LogP contribution is -2.38. The number of hydrogen-bond acceptors (Lipinski definition) is 4. The van der Waals surface area contributed by atoms with Crippen LogP contribution in [0.3, 0.4) is 0 Å². The minimum atomic E-state index is -3.70. The van der Waals surface area contributed by atoms with Crippen molar-refractivity contribution in [3.63, 3.8) is 0 Å². The molecule has 5 rings (SSSR count). The average Bonchev–Trinajstić information content (AvgIpc) is 3.44. The van der Waals surface area contributed by atoms with Gasteiger partial charge in [-0.3, -0.25) is 0 Å². The Kier molecular flexibility index (Phi) is 4.61. The molecule has 1 aliphatic heterocycles. The molecule has 0 spiro atoms. The van der Waals surface area contributed by atoms with E-state index in [0.29, 0.717) is 5.56 Å². The fourth-order valence-electron chi connectivity index (χ4n) is 4.22. The highest BCUT2D eigenvalue weighted by molar-refractivity contribution is 7.89. The van der Waals surface area contributed by atoms with Gasteiger partial charge in [0.1, 0.15) is 11.6 Å². The van der Waals surface area contributed by atoms with Crippen molar-refractivity contribution < 1.29 is 17.5 Å². The van der Waals surface area contributed by atoms with Crippen LogP contribution in [-0.2, 0) is 16.4 Å². The Morgan fingerprint density at radius 2 is 1.97 bits per heavy atom. The Labute approximate surface area is 174 Å². The molecule has 0 radical (unpaired) electrons. The summed E-state index contributed by atoms with van der Waals surface area (Å²) in [6, 6.07) is 9.74. The lowest BCUT2D eigenvalue weighted by Gasteiger charge is -2.30. The molecule has 3 N–H and O–H groups in total. The number of methoxy groups -OCH3 is 1. The normalized spacial score (nSPS) is 21.6. The molecule has 3 aromatic rings. The van der Waals surface area contributed by atoms with Crippen molar-refractivity contribution in [2.24, 2.45) is 0 Å². The zero-order chi connectivity index (χ0) is 21.0. The highest BCUT2D eigenvalue weighted by Gasteiger charge is 2.32. The van der Waals surface area contributed by atoms with Gasteiger partial charge in [0.05, 0.1) is 18.0 Å². The fourth-order valence-corrected chi connectivity index (χ4v) is 5.53. The van der Waals surface area contributed by atoms with Gasteiger partial charge in [-0.15, -0.1) is 0 Å². The van der Waals surface area contributed by atoms with Gasteiger partial charge in [-0.2, -0.15) is 0 Å². The molecule has 8 heteroatoms. The zero-order valence-electron chi connectivity index (χ0n) is 16.8. The summed E-state index contributed by atoms with van der Waals surface area (Å²) in [5, 5.41) is 4.52. The summed E-state index contributed by atoms with van der Waals surface area (Å²) in [4.78, 5) is 3.39. The van der Waals surface area contributed by atoms with Crippen LogP contribution in [0.5, 0.6) is 5.75 Å². The standard InChI is InChI=1S/C22H24FN3O3S/c1-12-9-18-17-10-14(29-2)5-8-20(17)25-22(18)21(24-12)16-7-6-15(11-19(16)23)30(27,28)26-13-3-4-13/h5-8,10-13,21,24-26H,3-4,9H2,1-2H3/t12-,21+/m0/s1. The van der Waals surface area contributed by atoms with Crippen LogP contribution in [0.2, 0.25) is 0 Å². The first-order valence-electron chi connectivity index (χ1n) is 10.1. The molecule has 158 valence electrons. The number of nitrogens with one attached hydrogen (secondary N) is 3. The van der Waals surface area contributed by atoms with Gasteiger partial charge in [-0.1, -0.05) is 6.07 Å². The molecule has 0 saturated heterocycles. The highest BCUT2D eigenvalue weighted by Crippen LogP contribution is 2.37. The van der Waals surface area contributed by atoms with Crippen LogP contribution in [0.15, 0.2) is 41.3 Å². The van der Waals surface area contributed by atoms with E-state index in [2.05, 4.69) is 21.9 Å². The van der Waals surface area contributed by atoms with E-state index in [1.54, 1.807) is 13.2 Å². The fraction of sp³-hybridized carbons (Fsp3) is 0.364. The first-order chi connectivity index (χ1) is 14.4. The Morgan fingerprint density at radius 3 is 2.67 bits per heavy atom. The molecule has 0 amide bonds. The molecule has 1 saturated carbocycles. The maximum Gasteiger partial charge on any atom is 0.240 e. The second-order valence-electron chi connectivity index (χ2n) is 8.21. The Hall–Kier alpha value is -2.42.